The first kappa shape index (κ1) is 15.9. The zero-order chi connectivity index (χ0) is 16.1. The third-order valence-corrected chi connectivity index (χ3v) is 3.13. The number of carbonyl (C=O) groups excluding carboxylic acids is 2. The Morgan fingerprint density at radius 1 is 1.14 bits per heavy atom. The second-order valence-electron chi connectivity index (χ2n) is 4.66. The summed E-state index contributed by atoms with van der Waals surface area (Å²) in [7, 11) is 0. The third-order valence-electron chi connectivity index (χ3n) is 2.88. The van der Waals surface area contributed by atoms with Gasteiger partial charge in [-0.15, -0.1) is 0 Å². The maximum Gasteiger partial charge on any atom is 0.273 e. The van der Waals surface area contributed by atoms with E-state index in [1.54, 1.807) is 50.3 Å². The van der Waals surface area contributed by atoms with Gasteiger partial charge in [0.2, 0.25) is 0 Å². The van der Waals surface area contributed by atoms with Crippen molar-refractivity contribution in [3.63, 3.8) is 0 Å². The van der Waals surface area contributed by atoms with Crippen molar-refractivity contribution in [2.75, 3.05) is 0 Å². The Balaban J connectivity index is 1.88. The van der Waals surface area contributed by atoms with Crippen LogP contribution in [0.2, 0.25) is 5.02 Å². The van der Waals surface area contributed by atoms with Crippen LogP contribution in [0.4, 0.5) is 0 Å². The van der Waals surface area contributed by atoms with E-state index in [2.05, 4.69) is 10.9 Å². The molecule has 0 bridgehead atoms. The average molecular weight is 319 g/mol. The van der Waals surface area contributed by atoms with Crippen LogP contribution in [-0.2, 0) is 4.79 Å². The van der Waals surface area contributed by atoms with Crippen LogP contribution < -0.4 is 10.9 Å². The topological polar surface area (TPSA) is 71.3 Å². The van der Waals surface area contributed by atoms with Crippen molar-refractivity contribution < 1.29 is 14.0 Å². The highest BCUT2D eigenvalue weighted by Crippen LogP contribution is 2.13. The van der Waals surface area contributed by atoms with Crippen molar-refractivity contribution in [2.45, 2.75) is 13.8 Å². The van der Waals surface area contributed by atoms with Crippen LogP contribution in [-0.4, -0.2) is 11.8 Å². The molecule has 0 radical (unpaired) electrons. The van der Waals surface area contributed by atoms with Gasteiger partial charge in [-0.2, -0.15) is 0 Å². The quantitative estimate of drug-likeness (QED) is 0.675. The molecule has 0 saturated carbocycles. The first-order valence-electron chi connectivity index (χ1n) is 6.56. The van der Waals surface area contributed by atoms with Gasteiger partial charge in [-0.1, -0.05) is 23.7 Å². The van der Waals surface area contributed by atoms with Gasteiger partial charge in [-0.25, -0.2) is 0 Å². The van der Waals surface area contributed by atoms with E-state index in [-0.39, 0.29) is 0 Å². The summed E-state index contributed by atoms with van der Waals surface area (Å²) in [4.78, 5) is 23.5. The van der Waals surface area contributed by atoms with Crippen LogP contribution in [0.5, 0.6) is 0 Å². The normalized spacial score (nSPS) is 10.7. The molecule has 5 nitrogen and oxygen atoms in total. The summed E-state index contributed by atoms with van der Waals surface area (Å²) < 4.78 is 5.26. The Bertz CT molecular complexity index is 717. The Labute approximate surface area is 132 Å². The molecule has 0 aliphatic rings. The van der Waals surface area contributed by atoms with Crippen molar-refractivity contribution in [2.24, 2.45) is 0 Å². The number of rotatable bonds is 3. The zero-order valence-corrected chi connectivity index (χ0v) is 12.9. The first-order chi connectivity index (χ1) is 10.5. The number of hydrazine groups is 1. The molecule has 0 saturated heterocycles. The third kappa shape index (κ3) is 4.23. The predicted molar refractivity (Wildman–Crippen MR) is 84.3 cm³/mol. The zero-order valence-electron chi connectivity index (χ0n) is 12.1. The van der Waals surface area contributed by atoms with Crippen molar-refractivity contribution in [3.8, 4) is 0 Å². The van der Waals surface area contributed by atoms with Gasteiger partial charge in [-0.3, -0.25) is 20.4 Å². The number of amides is 2. The molecule has 1 aromatic carbocycles. The van der Waals surface area contributed by atoms with Crippen molar-refractivity contribution in [1.82, 2.24) is 10.9 Å². The molecule has 2 amide bonds. The minimum atomic E-state index is -0.443. The van der Waals surface area contributed by atoms with Crippen LogP contribution in [0, 0.1) is 13.8 Å². The summed E-state index contributed by atoms with van der Waals surface area (Å²) in [5.41, 5.74) is 5.85. The summed E-state index contributed by atoms with van der Waals surface area (Å²) in [5, 5.41) is 0.625. The number of halogens is 1. The molecule has 2 rings (SSSR count). The van der Waals surface area contributed by atoms with Crippen LogP contribution >= 0.6 is 11.6 Å². The number of benzene rings is 1. The molecule has 0 spiro atoms. The van der Waals surface area contributed by atoms with E-state index in [1.807, 2.05) is 0 Å². The van der Waals surface area contributed by atoms with E-state index in [1.165, 1.54) is 6.08 Å². The van der Waals surface area contributed by atoms with Crippen LogP contribution in [0.15, 0.2) is 40.8 Å². The smallest absolute Gasteiger partial charge is 0.273 e. The fraction of sp³-hybridized carbons (Fsp3) is 0.125. The van der Waals surface area contributed by atoms with Gasteiger partial charge < -0.3 is 4.42 Å². The van der Waals surface area contributed by atoms with Crippen molar-refractivity contribution in [1.29, 1.82) is 0 Å². The lowest BCUT2D eigenvalue weighted by Gasteiger charge is -2.04. The first-order valence-corrected chi connectivity index (χ1v) is 6.94. The summed E-state index contributed by atoms with van der Waals surface area (Å²) in [5.74, 6) is 0.265. The van der Waals surface area contributed by atoms with Crippen molar-refractivity contribution >= 4 is 29.5 Å². The fourth-order valence-electron chi connectivity index (χ4n) is 1.83. The molecule has 0 unspecified atom stereocenters. The Morgan fingerprint density at radius 2 is 1.82 bits per heavy atom. The van der Waals surface area contributed by atoms with Crippen molar-refractivity contribution in [3.05, 3.63) is 64.1 Å². The van der Waals surface area contributed by atoms with Crippen LogP contribution in [0.1, 0.15) is 27.4 Å². The summed E-state index contributed by atoms with van der Waals surface area (Å²) in [6.07, 6.45) is 2.93. The molecule has 1 aromatic heterocycles. The van der Waals surface area contributed by atoms with E-state index in [4.69, 9.17) is 16.0 Å². The lowest BCUT2D eigenvalue weighted by molar-refractivity contribution is -0.117. The largest absolute Gasteiger partial charge is 0.466 e. The number of carbonyl (C=O) groups is 2. The summed E-state index contributed by atoms with van der Waals surface area (Å²) >= 11 is 5.77. The molecular formula is C16H15ClN2O3. The van der Waals surface area contributed by atoms with E-state index < -0.39 is 11.8 Å². The highest BCUT2D eigenvalue weighted by atomic mass is 35.5. The van der Waals surface area contributed by atoms with Gasteiger partial charge in [0.15, 0.2) is 0 Å². The Hall–Kier alpha value is -2.53. The van der Waals surface area contributed by atoms with E-state index >= 15 is 0 Å². The maximum atomic E-state index is 11.9. The molecule has 0 aliphatic heterocycles. The maximum absolute atomic E-state index is 11.9. The van der Waals surface area contributed by atoms with E-state index in [0.717, 1.165) is 5.56 Å². The number of furan rings is 1. The van der Waals surface area contributed by atoms with Crippen LogP contribution in [0.25, 0.3) is 6.08 Å². The average Bonchev–Trinajstić information content (AvgIpc) is 2.83. The lowest BCUT2D eigenvalue weighted by atomic mass is 10.2. The fourth-order valence-corrected chi connectivity index (χ4v) is 1.96. The molecule has 2 aromatic rings. The second-order valence-corrected chi connectivity index (χ2v) is 5.09. The predicted octanol–water partition coefficient (Wildman–Crippen LogP) is 3.02. The second kappa shape index (κ2) is 6.95. The monoisotopic (exact) mass is 318 g/mol. The van der Waals surface area contributed by atoms with Gasteiger partial charge in [0.1, 0.15) is 11.5 Å². The summed E-state index contributed by atoms with van der Waals surface area (Å²) in [6, 6.07) is 8.63. The highest BCUT2D eigenvalue weighted by molar-refractivity contribution is 6.30. The molecule has 0 aliphatic carbocycles. The number of nitrogens with one attached hydrogen (secondary N) is 2. The van der Waals surface area contributed by atoms with E-state index in [9.17, 15) is 9.59 Å². The van der Waals surface area contributed by atoms with Gasteiger partial charge >= 0.3 is 0 Å². The molecule has 114 valence electrons. The Kier molecular flexibility index (Phi) is 5.01. The molecule has 0 atom stereocenters. The van der Waals surface area contributed by atoms with Gasteiger partial charge in [0, 0.05) is 11.1 Å². The molecule has 2 N–H and O–H groups in total. The van der Waals surface area contributed by atoms with E-state index in [0.29, 0.717) is 22.1 Å². The minimum absolute atomic E-state index is 0.388. The van der Waals surface area contributed by atoms with Gasteiger partial charge in [0.25, 0.3) is 11.8 Å². The minimum Gasteiger partial charge on any atom is -0.466 e. The standard InChI is InChI=1S/C16H15ClN2O3/c1-10-9-14(11(2)22-10)16(21)19-18-15(20)8-5-12-3-6-13(17)7-4-12/h3-9H,1-2H3,(H,18,20)(H,19,21)/b8-5+. The Morgan fingerprint density at radius 3 is 2.41 bits per heavy atom. The SMILES string of the molecule is Cc1cc(C(=O)NNC(=O)/C=C/c2ccc(Cl)cc2)c(C)o1. The number of aryl methyl sites for hydroxylation is 2. The number of hydrogen-bond acceptors (Lipinski definition) is 3. The molecule has 1 heterocycles. The molecular weight excluding hydrogens is 304 g/mol. The number of hydrogen-bond donors (Lipinski definition) is 2. The van der Waals surface area contributed by atoms with Crippen LogP contribution in [0.3, 0.4) is 0 Å². The van der Waals surface area contributed by atoms with Gasteiger partial charge in [0.05, 0.1) is 5.56 Å². The highest BCUT2D eigenvalue weighted by Gasteiger charge is 2.13. The molecule has 6 heteroatoms. The summed E-state index contributed by atoms with van der Waals surface area (Å²) in [6.45, 7) is 3.43. The van der Waals surface area contributed by atoms with Gasteiger partial charge in [-0.05, 0) is 43.7 Å². The molecule has 22 heavy (non-hydrogen) atoms. The lowest BCUT2D eigenvalue weighted by Crippen LogP contribution is -2.40. The molecule has 0 fully saturated rings.